The minimum Gasteiger partial charge on any atom is -0.368 e. The largest absolute Gasteiger partial charge is 0.368 e. The van der Waals surface area contributed by atoms with E-state index in [0.29, 0.717) is 5.92 Å². The maximum atomic E-state index is 9.26. The number of rotatable bonds is 9. The third-order valence-electron chi connectivity index (χ3n) is 3.40. The first-order valence-corrected chi connectivity index (χ1v) is 6.76. The number of aliphatic hydroxyl groups excluding tert-OH is 1. The van der Waals surface area contributed by atoms with Gasteiger partial charge in [0.1, 0.15) is 0 Å². The van der Waals surface area contributed by atoms with Crippen molar-refractivity contribution in [2.24, 2.45) is 5.92 Å². The normalized spacial score (nSPS) is 16.1. The third kappa shape index (κ3) is 7.24. The van der Waals surface area contributed by atoms with E-state index in [1.165, 1.54) is 38.5 Å². The minimum atomic E-state index is -0.669. The molecule has 0 heterocycles. The molecule has 0 saturated carbocycles. The van der Waals surface area contributed by atoms with Gasteiger partial charge in [-0.3, -0.25) is 0 Å². The van der Waals surface area contributed by atoms with Crippen LogP contribution in [-0.4, -0.2) is 17.0 Å². The van der Waals surface area contributed by atoms with Gasteiger partial charge >= 0.3 is 0 Å². The Labute approximate surface area is 101 Å². The van der Waals surface area contributed by atoms with Crippen molar-refractivity contribution in [2.75, 3.05) is 0 Å². The van der Waals surface area contributed by atoms with Crippen LogP contribution >= 0.6 is 0 Å². The van der Waals surface area contributed by atoms with Crippen molar-refractivity contribution in [2.45, 2.75) is 85.0 Å². The van der Waals surface area contributed by atoms with Crippen LogP contribution < -0.4 is 0 Å². The summed E-state index contributed by atoms with van der Waals surface area (Å²) in [6, 6.07) is 0. The molecule has 0 fully saturated rings. The molecule has 0 rings (SSSR count). The first kappa shape index (κ1) is 15.9. The average molecular weight is 230 g/mol. The lowest BCUT2D eigenvalue weighted by Gasteiger charge is -2.33. The van der Waals surface area contributed by atoms with Gasteiger partial charge in [0.15, 0.2) is 6.29 Å². The fourth-order valence-corrected chi connectivity index (χ4v) is 1.96. The van der Waals surface area contributed by atoms with Crippen molar-refractivity contribution in [3.05, 3.63) is 0 Å². The Morgan fingerprint density at radius 1 is 1.06 bits per heavy atom. The summed E-state index contributed by atoms with van der Waals surface area (Å²) in [4.78, 5) is 0. The Kier molecular flexibility index (Phi) is 8.04. The monoisotopic (exact) mass is 230 g/mol. The standard InChI is InChI=1S/C14H30O2/c1-6-7-8-9-10-11-12(2)14(4,5)16-13(3)15/h12-13,15H,6-11H2,1-5H3. The van der Waals surface area contributed by atoms with Gasteiger partial charge in [-0.2, -0.15) is 0 Å². The molecule has 0 aliphatic heterocycles. The van der Waals surface area contributed by atoms with Crippen LogP contribution in [0.25, 0.3) is 0 Å². The predicted molar refractivity (Wildman–Crippen MR) is 69.4 cm³/mol. The van der Waals surface area contributed by atoms with Crippen LogP contribution in [0.2, 0.25) is 0 Å². The van der Waals surface area contributed by atoms with Crippen molar-refractivity contribution < 1.29 is 9.84 Å². The summed E-state index contributed by atoms with van der Waals surface area (Å²) in [5.74, 6) is 0.490. The van der Waals surface area contributed by atoms with E-state index >= 15 is 0 Å². The summed E-state index contributed by atoms with van der Waals surface area (Å²) in [6.45, 7) is 10.3. The van der Waals surface area contributed by atoms with E-state index in [9.17, 15) is 5.11 Å². The minimum absolute atomic E-state index is 0.223. The molecule has 0 aromatic heterocycles. The molecule has 2 unspecified atom stereocenters. The van der Waals surface area contributed by atoms with Crippen LogP contribution in [0.3, 0.4) is 0 Å². The highest BCUT2D eigenvalue weighted by molar-refractivity contribution is 4.76. The third-order valence-corrected chi connectivity index (χ3v) is 3.40. The van der Waals surface area contributed by atoms with Gasteiger partial charge in [-0.15, -0.1) is 0 Å². The average Bonchev–Trinajstić information content (AvgIpc) is 2.15. The fraction of sp³-hybridized carbons (Fsp3) is 1.00. The van der Waals surface area contributed by atoms with Gasteiger partial charge in [0.05, 0.1) is 5.60 Å². The van der Waals surface area contributed by atoms with Crippen molar-refractivity contribution in [3.8, 4) is 0 Å². The Balaban J connectivity index is 3.73. The van der Waals surface area contributed by atoms with Crippen LogP contribution in [0.4, 0.5) is 0 Å². The molecule has 2 atom stereocenters. The van der Waals surface area contributed by atoms with E-state index in [1.54, 1.807) is 6.92 Å². The van der Waals surface area contributed by atoms with E-state index in [-0.39, 0.29) is 5.60 Å². The highest BCUT2D eigenvalue weighted by atomic mass is 16.6. The summed E-state index contributed by atoms with van der Waals surface area (Å²) in [5, 5.41) is 9.26. The molecule has 2 heteroatoms. The second-order valence-electron chi connectivity index (χ2n) is 5.42. The molecule has 2 nitrogen and oxygen atoms in total. The number of hydrogen-bond donors (Lipinski definition) is 1. The molecule has 0 amide bonds. The van der Waals surface area contributed by atoms with Gasteiger partial charge in [-0.05, 0) is 33.1 Å². The molecule has 0 radical (unpaired) electrons. The summed E-state index contributed by atoms with van der Waals surface area (Å²) in [5.41, 5.74) is -0.223. The SMILES string of the molecule is CCCCCCCC(C)C(C)(C)OC(C)O. The summed E-state index contributed by atoms with van der Waals surface area (Å²) < 4.78 is 5.53. The van der Waals surface area contributed by atoms with Crippen molar-refractivity contribution in [3.63, 3.8) is 0 Å². The van der Waals surface area contributed by atoms with E-state index < -0.39 is 6.29 Å². The van der Waals surface area contributed by atoms with Crippen LogP contribution in [-0.2, 0) is 4.74 Å². The maximum absolute atomic E-state index is 9.26. The van der Waals surface area contributed by atoms with E-state index in [2.05, 4.69) is 27.7 Å². The number of hydrogen-bond acceptors (Lipinski definition) is 2. The first-order valence-electron chi connectivity index (χ1n) is 6.76. The topological polar surface area (TPSA) is 29.5 Å². The molecular formula is C14H30O2. The molecule has 0 aromatic carbocycles. The lowest BCUT2D eigenvalue weighted by atomic mass is 9.87. The molecule has 0 bridgehead atoms. The second kappa shape index (κ2) is 8.08. The van der Waals surface area contributed by atoms with Crippen molar-refractivity contribution >= 4 is 0 Å². The zero-order chi connectivity index (χ0) is 12.6. The Hall–Kier alpha value is -0.0800. The molecule has 0 aliphatic rings. The second-order valence-corrected chi connectivity index (χ2v) is 5.42. The quantitative estimate of drug-likeness (QED) is 0.477. The van der Waals surface area contributed by atoms with Crippen molar-refractivity contribution in [1.29, 1.82) is 0 Å². The van der Waals surface area contributed by atoms with Crippen molar-refractivity contribution in [1.82, 2.24) is 0 Å². The summed E-state index contributed by atoms with van der Waals surface area (Å²) in [7, 11) is 0. The lowest BCUT2D eigenvalue weighted by molar-refractivity contribution is -0.181. The molecule has 0 spiro atoms. The highest BCUT2D eigenvalue weighted by Crippen LogP contribution is 2.27. The van der Waals surface area contributed by atoms with Crippen LogP contribution in [0.1, 0.15) is 73.1 Å². The molecule has 16 heavy (non-hydrogen) atoms. The van der Waals surface area contributed by atoms with Crippen LogP contribution in [0.15, 0.2) is 0 Å². The van der Waals surface area contributed by atoms with Gasteiger partial charge < -0.3 is 9.84 Å². The number of unbranched alkanes of at least 4 members (excludes halogenated alkanes) is 4. The van der Waals surface area contributed by atoms with Gasteiger partial charge in [-0.25, -0.2) is 0 Å². The maximum Gasteiger partial charge on any atom is 0.152 e. The molecular weight excluding hydrogens is 200 g/mol. The Bertz CT molecular complexity index is 164. The smallest absolute Gasteiger partial charge is 0.152 e. The molecule has 1 N–H and O–H groups in total. The van der Waals surface area contributed by atoms with E-state index in [0.717, 1.165) is 0 Å². The Morgan fingerprint density at radius 3 is 2.12 bits per heavy atom. The summed E-state index contributed by atoms with van der Waals surface area (Å²) in [6.07, 6.45) is 7.10. The van der Waals surface area contributed by atoms with Gasteiger partial charge in [0.2, 0.25) is 0 Å². The summed E-state index contributed by atoms with van der Waals surface area (Å²) >= 11 is 0. The lowest BCUT2D eigenvalue weighted by Crippen LogP contribution is -2.36. The molecule has 98 valence electrons. The van der Waals surface area contributed by atoms with E-state index in [4.69, 9.17) is 4.74 Å². The Morgan fingerprint density at radius 2 is 1.62 bits per heavy atom. The fourth-order valence-electron chi connectivity index (χ4n) is 1.96. The zero-order valence-corrected chi connectivity index (χ0v) is 11.8. The predicted octanol–water partition coefficient (Wildman–Crippen LogP) is 4.12. The number of aliphatic hydroxyl groups is 1. The number of ether oxygens (including phenoxy) is 1. The van der Waals surface area contributed by atoms with Gasteiger partial charge in [0.25, 0.3) is 0 Å². The van der Waals surface area contributed by atoms with E-state index in [1.807, 2.05) is 0 Å². The van der Waals surface area contributed by atoms with Gasteiger partial charge in [0, 0.05) is 0 Å². The van der Waals surface area contributed by atoms with Crippen LogP contribution in [0, 0.1) is 5.92 Å². The first-order chi connectivity index (χ1) is 7.40. The van der Waals surface area contributed by atoms with Crippen LogP contribution in [0.5, 0.6) is 0 Å². The zero-order valence-electron chi connectivity index (χ0n) is 11.8. The highest BCUT2D eigenvalue weighted by Gasteiger charge is 2.27. The molecule has 0 aliphatic carbocycles. The van der Waals surface area contributed by atoms with Gasteiger partial charge in [-0.1, -0.05) is 46.0 Å². The molecule has 0 saturated heterocycles. The molecule has 0 aromatic rings.